The Balaban J connectivity index is 0.944. The van der Waals surface area contributed by atoms with Crippen LogP contribution in [-0.4, -0.2) is 37.5 Å². The zero-order valence-electron chi connectivity index (χ0n) is 27.4. The largest absolute Gasteiger partial charge is 0.543 e. The molecule has 12 nitrogen and oxygen atoms in total. The molecule has 12 heteroatoms. The van der Waals surface area contributed by atoms with Crippen molar-refractivity contribution in [2.24, 2.45) is 0 Å². The van der Waals surface area contributed by atoms with Crippen LogP contribution in [-0.2, 0) is 39.1 Å². The van der Waals surface area contributed by atoms with Crippen molar-refractivity contribution in [1.29, 1.82) is 0 Å². The van der Waals surface area contributed by atoms with Crippen molar-refractivity contribution in [3.05, 3.63) is 120 Å². The molecule has 0 radical (unpaired) electrons. The van der Waals surface area contributed by atoms with E-state index in [1.54, 1.807) is 48.5 Å². The first-order chi connectivity index (χ1) is 24.5. The third-order valence-corrected chi connectivity index (χ3v) is 7.37. The molecular formula is C38H38O12. The van der Waals surface area contributed by atoms with Crippen LogP contribution in [0.1, 0.15) is 72.1 Å². The Hall–Kier alpha value is -5.72. The fourth-order valence-corrected chi connectivity index (χ4v) is 4.93. The topological polar surface area (TPSA) is 142 Å². The van der Waals surface area contributed by atoms with Crippen molar-refractivity contribution in [3.8, 4) is 22.3 Å². The minimum atomic E-state index is -1.11. The lowest BCUT2D eigenvalue weighted by atomic mass is 10.00. The average molecular weight is 687 g/mol. The second-order valence-corrected chi connectivity index (χ2v) is 10.9. The molecule has 0 unspecified atom stereocenters. The Bertz CT molecular complexity index is 1520. The van der Waals surface area contributed by atoms with Crippen LogP contribution < -0.4 is 0 Å². The molecule has 0 saturated heterocycles. The monoisotopic (exact) mass is 686 g/mol. The highest BCUT2D eigenvalue weighted by molar-refractivity contribution is 5.97. The molecule has 0 atom stereocenters. The summed E-state index contributed by atoms with van der Waals surface area (Å²) in [4.78, 5) is 66.3. The van der Waals surface area contributed by atoms with E-state index in [2.05, 4.69) is 29.6 Å². The lowest BCUT2D eigenvalue weighted by Crippen LogP contribution is -2.13. The summed E-state index contributed by atoms with van der Waals surface area (Å²) in [5.74, 6) is -1.64. The van der Waals surface area contributed by atoms with Gasteiger partial charge in [-0.15, -0.1) is 0 Å². The van der Waals surface area contributed by atoms with E-state index < -0.39 is 24.2 Å². The average Bonchev–Trinajstić information content (AvgIpc) is 3.15. The smallest absolute Gasteiger partial charge is 0.432 e. The standard InChI is InChI=1S/C38H38O12/c39-35(33-25-15-13-23-31(33)29-19-9-7-10-20-29)45-49-47-37(41)43-27-17-5-3-1-2-4-6-18-28-44-38(42)48-50-46-36(40)34-26-16-14-24-32(34)30-21-11-8-12-22-30/h7-16,19-26H,1-6,17-18,27-28H2. The Labute approximate surface area is 289 Å². The molecule has 0 aromatic heterocycles. The van der Waals surface area contributed by atoms with Crippen molar-refractivity contribution >= 4 is 24.2 Å². The summed E-state index contributed by atoms with van der Waals surface area (Å²) in [6.45, 7) is 0.259. The fraction of sp³-hybridized carbons (Fsp3) is 0.263. The molecule has 4 aromatic carbocycles. The molecule has 0 aliphatic rings. The van der Waals surface area contributed by atoms with Crippen LogP contribution in [0.25, 0.3) is 22.3 Å². The summed E-state index contributed by atoms with van der Waals surface area (Å²) in [6, 6.07) is 32.2. The van der Waals surface area contributed by atoms with Crippen molar-refractivity contribution < 1.29 is 58.3 Å². The highest BCUT2D eigenvalue weighted by atomic mass is 17.5. The number of ether oxygens (including phenoxy) is 2. The van der Waals surface area contributed by atoms with Gasteiger partial charge in [-0.05, 0) is 47.2 Å². The minimum Gasteiger partial charge on any atom is -0.432 e. The molecule has 0 aliphatic heterocycles. The predicted octanol–water partition coefficient (Wildman–Crippen LogP) is 9.15. The summed E-state index contributed by atoms with van der Waals surface area (Å²) in [7, 11) is 0. The van der Waals surface area contributed by atoms with Crippen LogP contribution in [0, 0.1) is 0 Å². The van der Waals surface area contributed by atoms with Crippen LogP contribution in [0.15, 0.2) is 109 Å². The van der Waals surface area contributed by atoms with E-state index in [1.807, 2.05) is 60.7 Å². The van der Waals surface area contributed by atoms with Crippen LogP contribution >= 0.6 is 0 Å². The summed E-state index contributed by atoms with van der Waals surface area (Å²) in [5.41, 5.74) is 3.43. The van der Waals surface area contributed by atoms with E-state index in [0.717, 1.165) is 49.7 Å². The van der Waals surface area contributed by atoms with E-state index in [0.29, 0.717) is 24.0 Å². The summed E-state index contributed by atoms with van der Waals surface area (Å²) in [5, 5.41) is 8.68. The molecule has 0 bridgehead atoms. The second-order valence-electron chi connectivity index (χ2n) is 10.9. The van der Waals surface area contributed by atoms with Gasteiger partial charge >= 0.3 is 24.2 Å². The lowest BCUT2D eigenvalue weighted by Gasteiger charge is -2.08. The lowest BCUT2D eigenvalue weighted by molar-refractivity contribution is -0.452. The van der Waals surface area contributed by atoms with Gasteiger partial charge in [-0.2, -0.15) is 0 Å². The molecule has 0 N–H and O–H groups in total. The molecule has 4 rings (SSSR count). The maximum Gasteiger partial charge on any atom is 0.543 e. The van der Waals surface area contributed by atoms with Gasteiger partial charge in [-0.3, -0.25) is 9.78 Å². The Morgan fingerprint density at radius 3 is 1.12 bits per heavy atom. The van der Waals surface area contributed by atoms with Crippen molar-refractivity contribution in [3.63, 3.8) is 0 Å². The van der Waals surface area contributed by atoms with Gasteiger partial charge in [0.25, 0.3) is 0 Å². The van der Waals surface area contributed by atoms with Gasteiger partial charge in [0.1, 0.15) is 0 Å². The van der Waals surface area contributed by atoms with E-state index in [1.165, 1.54) is 0 Å². The van der Waals surface area contributed by atoms with Crippen LogP contribution in [0.3, 0.4) is 0 Å². The zero-order chi connectivity index (χ0) is 35.2. The quantitative estimate of drug-likeness (QED) is 0.0402. The maximum absolute atomic E-state index is 12.4. The molecule has 0 amide bonds. The molecule has 0 saturated carbocycles. The van der Waals surface area contributed by atoms with Crippen molar-refractivity contribution in [2.45, 2.75) is 51.4 Å². The molecule has 0 spiro atoms. The first-order valence-electron chi connectivity index (χ1n) is 16.3. The summed E-state index contributed by atoms with van der Waals surface area (Å²) >= 11 is 0. The van der Waals surface area contributed by atoms with Gasteiger partial charge in [0.05, 0.1) is 34.4 Å². The number of carbonyl (C=O) groups is 4. The van der Waals surface area contributed by atoms with Gasteiger partial charge in [-0.25, -0.2) is 29.0 Å². The molecule has 4 aromatic rings. The van der Waals surface area contributed by atoms with Crippen molar-refractivity contribution in [2.75, 3.05) is 13.2 Å². The number of hydrogen-bond donors (Lipinski definition) is 0. The van der Waals surface area contributed by atoms with Crippen molar-refractivity contribution in [1.82, 2.24) is 0 Å². The Morgan fingerprint density at radius 2 is 0.720 bits per heavy atom. The molecular weight excluding hydrogens is 648 g/mol. The number of benzene rings is 4. The van der Waals surface area contributed by atoms with Gasteiger partial charge in [0, 0.05) is 0 Å². The first kappa shape index (κ1) is 37.1. The van der Waals surface area contributed by atoms with Crippen LogP contribution in [0.2, 0.25) is 0 Å². The Kier molecular flexibility index (Phi) is 15.8. The predicted molar refractivity (Wildman–Crippen MR) is 179 cm³/mol. The first-order valence-corrected chi connectivity index (χ1v) is 16.3. The number of unbranched alkanes of at least 4 members (excludes halogenated alkanes) is 7. The van der Waals surface area contributed by atoms with Gasteiger partial charge in [0.2, 0.25) is 0 Å². The van der Waals surface area contributed by atoms with Crippen LogP contribution in [0.4, 0.5) is 9.59 Å². The van der Waals surface area contributed by atoms with E-state index in [4.69, 9.17) is 9.47 Å². The molecule has 0 aliphatic carbocycles. The fourth-order valence-electron chi connectivity index (χ4n) is 4.93. The normalized spacial score (nSPS) is 10.5. The van der Waals surface area contributed by atoms with E-state index in [9.17, 15) is 19.2 Å². The maximum atomic E-state index is 12.4. The summed E-state index contributed by atoms with van der Waals surface area (Å²) < 4.78 is 9.86. The third-order valence-electron chi connectivity index (χ3n) is 7.37. The van der Waals surface area contributed by atoms with E-state index >= 15 is 0 Å². The van der Waals surface area contributed by atoms with Gasteiger partial charge < -0.3 is 9.47 Å². The second kappa shape index (κ2) is 21.3. The number of rotatable bonds is 19. The number of hydrogen-bond acceptors (Lipinski definition) is 12. The van der Waals surface area contributed by atoms with Gasteiger partial charge in [-0.1, -0.05) is 136 Å². The minimum absolute atomic E-state index is 0.129. The third kappa shape index (κ3) is 12.7. The molecule has 0 heterocycles. The SMILES string of the molecule is O=C(OCCCCCCCCCCOC(=O)OOOC(=O)c1ccccc1-c1ccccc1)OOOC(=O)c1ccccc1-c1ccccc1. The number of carbonyl (C=O) groups excluding carboxylic acids is 4. The van der Waals surface area contributed by atoms with E-state index in [-0.39, 0.29) is 24.3 Å². The van der Waals surface area contributed by atoms with Gasteiger partial charge in [0.15, 0.2) is 0 Å². The highest BCUT2D eigenvalue weighted by Crippen LogP contribution is 2.25. The molecule has 262 valence electrons. The van der Waals surface area contributed by atoms with Crippen LogP contribution in [0.5, 0.6) is 0 Å². The summed E-state index contributed by atoms with van der Waals surface area (Å²) in [6.07, 6.45) is 4.60. The molecule has 50 heavy (non-hydrogen) atoms. The zero-order valence-corrected chi connectivity index (χ0v) is 27.4. The highest BCUT2D eigenvalue weighted by Gasteiger charge is 2.18. The Morgan fingerprint density at radius 1 is 0.380 bits per heavy atom. The molecule has 0 fully saturated rings.